The van der Waals surface area contributed by atoms with Gasteiger partial charge in [-0.2, -0.15) is 0 Å². The second-order valence-electron chi connectivity index (χ2n) is 6.78. The van der Waals surface area contributed by atoms with E-state index in [1.807, 2.05) is 30.3 Å². The van der Waals surface area contributed by atoms with Gasteiger partial charge in [0.1, 0.15) is 13.2 Å². The highest BCUT2D eigenvalue weighted by Crippen LogP contribution is 2.36. The second-order valence-corrected chi connectivity index (χ2v) is 6.78. The Labute approximate surface area is 158 Å². The average Bonchev–Trinajstić information content (AvgIpc) is 3.09. The number of anilines is 2. The topological polar surface area (TPSA) is 67.9 Å². The van der Waals surface area contributed by atoms with E-state index in [0.29, 0.717) is 31.3 Å². The first-order valence-corrected chi connectivity index (χ1v) is 9.24. The van der Waals surface area contributed by atoms with E-state index in [4.69, 9.17) is 9.47 Å². The number of benzene rings is 2. The highest BCUT2D eigenvalue weighted by atomic mass is 16.6. The molecule has 2 aromatic rings. The third-order valence-electron chi connectivity index (χ3n) is 4.94. The molecule has 2 amide bonds. The van der Waals surface area contributed by atoms with Crippen molar-refractivity contribution in [1.29, 1.82) is 0 Å². The molecule has 1 fully saturated rings. The molecule has 1 unspecified atom stereocenters. The first-order chi connectivity index (χ1) is 13.1. The van der Waals surface area contributed by atoms with Crippen LogP contribution in [0.3, 0.4) is 0 Å². The van der Waals surface area contributed by atoms with Crippen molar-refractivity contribution in [3.8, 4) is 11.5 Å². The molecule has 0 spiro atoms. The van der Waals surface area contributed by atoms with E-state index in [9.17, 15) is 9.59 Å². The molecule has 0 bridgehead atoms. The molecular weight excluding hydrogens is 344 g/mol. The quantitative estimate of drug-likeness (QED) is 0.903. The van der Waals surface area contributed by atoms with E-state index in [-0.39, 0.29) is 24.2 Å². The maximum Gasteiger partial charge on any atom is 0.229 e. The van der Waals surface area contributed by atoms with E-state index in [1.54, 1.807) is 17.0 Å². The highest BCUT2D eigenvalue weighted by molar-refractivity contribution is 6.03. The predicted molar refractivity (Wildman–Crippen MR) is 102 cm³/mol. The Balaban J connectivity index is 1.46. The molecule has 1 saturated heterocycles. The van der Waals surface area contributed by atoms with Gasteiger partial charge >= 0.3 is 0 Å². The Morgan fingerprint density at radius 3 is 2.78 bits per heavy atom. The third-order valence-corrected chi connectivity index (χ3v) is 4.94. The van der Waals surface area contributed by atoms with Crippen LogP contribution < -0.4 is 19.7 Å². The molecule has 27 heavy (non-hydrogen) atoms. The number of nitrogens with one attached hydrogen (secondary N) is 1. The molecule has 6 nitrogen and oxygen atoms in total. The Kier molecular flexibility index (Phi) is 4.71. The number of carbonyl (C=O) groups excluding carboxylic acids is 2. The van der Waals surface area contributed by atoms with Gasteiger partial charge in [0.15, 0.2) is 11.5 Å². The molecule has 0 radical (unpaired) electrons. The van der Waals surface area contributed by atoms with Crippen LogP contribution in [-0.2, 0) is 16.0 Å². The molecule has 1 N–H and O–H groups in total. The molecule has 2 aliphatic rings. The zero-order valence-corrected chi connectivity index (χ0v) is 15.2. The maximum absolute atomic E-state index is 12.6. The normalized spacial score (nSPS) is 18.5. The van der Waals surface area contributed by atoms with Gasteiger partial charge in [0.25, 0.3) is 0 Å². The number of rotatable bonds is 4. The lowest BCUT2D eigenvalue weighted by Crippen LogP contribution is -2.28. The van der Waals surface area contributed by atoms with Gasteiger partial charge in [0.2, 0.25) is 11.8 Å². The van der Waals surface area contributed by atoms with Gasteiger partial charge in [0.05, 0.1) is 5.92 Å². The zero-order chi connectivity index (χ0) is 18.8. The summed E-state index contributed by atoms with van der Waals surface area (Å²) < 4.78 is 11.1. The SMILES string of the molecule is CCc1cccc(NC(=O)C2CC(=O)N(c3ccc4c(c3)OCCO4)C2)c1. The minimum atomic E-state index is -0.379. The van der Waals surface area contributed by atoms with Gasteiger partial charge in [-0.05, 0) is 36.2 Å². The Morgan fingerprint density at radius 2 is 1.96 bits per heavy atom. The van der Waals surface area contributed by atoms with Crippen LogP contribution in [-0.4, -0.2) is 31.6 Å². The standard InChI is InChI=1S/C21H22N2O4/c1-2-14-4-3-5-16(10-14)22-21(25)15-11-20(24)23(13-15)17-6-7-18-19(12-17)27-9-8-26-18/h3-7,10,12,15H,2,8-9,11,13H2,1H3,(H,22,25). The summed E-state index contributed by atoms with van der Waals surface area (Å²) in [6.45, 7) is 3.45. The monoisotopic (exact) mass is 366 g/mol. The van der Waals surface area contributed by atoms with E-state index in [0.717, 1.165) is 23.4 Å². The van der Waals surface area contributed by atoms with Crippen molar-refractivity contribution in [3.63, 3.8) is 0 Å². The third kappa shape index (κ3) is 3.60. The largest absolute Gasteiger partial charge is 0.486 e. The molecule has 0 aliphatic carbocycles. The summed E-state index contributed by atoms with van der Waals surface area (Å²) in [5.41, 5.74) is 2.66. The summed E-state index contributed by atoms with van der Waals surface area (Å²) in [6, 6.07) is 13.2. The van der Waals surface area contributed by atoms with Crippen LogP contribution in [0.5, 0.6) is 11.5 Å². The summed E-state index contributed by atoms with van der Waals surface area (Å²) in [4.78, 5) is 26.8. The molecule has 1 atom stereocenters. The summed E-state index contributed by atoms with van der Waals surface area (Å²) in [5, 5.41) is 2.94. The summed E-state index contributed by atoms with van der Waals surface area (Å²) in [5.74, 6) is 0.749. The minimum Gasteiger partial charge on any atom is -0.486 e. The Bertz CT molecular complexity index is 880. The number of amides is 2. The molecule has 0 saturated carbocycles. The van der Waals surface area contributed by atoms with Crippen LogP contribution in [0.1, 0.15) is 18.9 Å². The molecule has 4 rings (SSSR count). The molecule has 2 aliphatic heterocycles. The lowest BCUT2D eigenvalue weighted by molar-refractivity contribution is -0.122. The molecule has 6 heteroatoms. The summed E-state index contributed by atoms with van der Waals surface area (Å²) in [7, 11) is 0. The number of ether oxygens (including phenoxy) is 2. The van der Waals surface area contributed by atoms with Gasteiger partial charge in [-0.3, -0.25) is 9.59 Å². The van der Waals surface area contributed by atoms with Crippen molar-refractivity contribution in [1.82, 2.24) is 0 Å². The van der Waals surface area contributed by atoms with Crippen molar-refractivity contribution < 1.29 is 19.1 Å². The van der Waals surface area contributed by atoms with Gasteiger partial charge in [-0.1, -0.05) is 19.1 Å². The fourth-order valence-corrected chi connectivity index (χ4v) is 3.45. The second kappa shape index (κ2) is 7.31. The number of nitrogens with zero attached hydrogens (tertiary/aromatic N) is 1. The van der Waals surface area contributed by atoms with Crippen LogP contribution in [0.15, 0.2) is 42.5 Å². The van der Waals surface area contributed by atoms with Crippen molar-refractivity contribution >= 4 is 23.2 Å². The highest BCUT2D eigenvalue weighted by Gasteiger charge is 2.35. The van der Waals surface area contributed by atoms with Crippen LogP contribution in [0, 0.1) is 5.92 Å². The van der Waals surface area contributed by atoms with E-state index >= 15 is 0 Å². The molecule has 2 aromatic carbocycles. The fraction of sp³-hybridized carbons (Fsp3) is 0.333. The van der Waals surface area contributed by atoms with Gasteiger partial charge in [-0.15, -0.1) is 0 Å². The number of carbonyl (C=O) groups is 2. The molecule has 2 heterocycles. The number of aryl methyl sites for hydroxylation is 1. The average molecular weight is 366 g/mol. The van der Waals surface area contributed by atoms with E-state index < -0.39 is 0 Å². The van der Waals surface area contributed by atoms with Crippen molar-refractivity contribution in [2.75, 3.05) is 30.0 Å². The van der Waals surface area contributed by atoms with Crippen LogP contribution >= 0.6 is 0 Å². The Hall–Kier alpha value is -3.02. The molecule has 0 aromatic heterocycles. The van der Waals surface area contributed by atoms with Crippen LogP contribution in [0.4, 0.5) is 11.4 Å². The summed E-state index contributed by atoms with van der Waals surface area (Å²) in [6.07, 6.45) is 1.11. The van der Waals surface area contributed by atoms with Crippen molar-refractivity contribution in [2.45, 2.75) is 19.8 Å². The smallest absolute Gasteiger partial charge is 0.229 e. The summed E-state index contributed by atoms with van der Waals surface area (Å²) >= 11 is 0. The maximum atomic E-state index is 12.6. The van der Waals surface area contributed by atoms with Crippen LogP contribution in [0.25, 0.3) is 0 Å². The van der Waals surface area contributed by atoms with E-state index in [1.165, 1.54) is 0 Å². The van der Waals surface area contributed by atoms with Crippen molar-refractivity contribution in [3.05, 3.63) is 48.0 Å². The number of fused-ring (bicyclic) bond motifs is 1. The van der Waals surface area contributed by atoms with Gasteiger partial charge in [-0.25, -0.2) is 0 Å². The lowest BCUT2D eigenvalue weighted by atomic mass is 10.1. The fourth-order valence-electron chi connectivity index (χ4n) is 3.45. The van der Waals surface area contributed by atoms with Gasteiger partial charge in [0, 0.05) is 30.4 Å². The first-order valence-electron chi connectivity index (χ1n) is 9.24. The Morgan fingerprint density at radius 1 is 1.15 bits per heavy atom. The van der Waals surface area contributed by atoms with Gasteiger partial charge < -0.3 is 19.7 Å². The molecular formula is C21H22N2O4. The first kappa shape index (κ1) is 17.4. The number of hydrogen-bond donors (Lipinski definition) is 1. The molecule has 140 valence electrons. The predicted octanol–water partition coefficient (Wildman–Crippen LogP) is 3.01. The minimum absolute atomic E-state index is 0.0610. The zero-order valence-electron chi connectivity index (χ0n) is 15.2. The van der Waals surface area contributed by atoms with E-state index in [2.05, 4.69) is 12.2 Å². The van der Waals surface area contributed by atoms with Crippen LogP contribution in [0.2, 0.25) is 0 Å². The van der Waals surface area contributed by atoms with Crippen molar-refractivity contribution in [2.24, 2.45) is 5.92 Å². The number of hydrogen-bond acceptors (Lipinski definition) is 4. The lowest BCUT2D eigenvalue weighted by Gasteiger charge is -2.22.